The molecule has 0 aliphatic rings. The Balaban J connectivity index is 1.88. The zero-order valence-electron chi connectivity index (χ0n) is 17.9. The fraction of sp³-hybridized carbons (Fsp3) is 0.304. The first-order valence-corrected chi connectivity index (χ1v) is 11.0. The van der Waals surface area contributed by atoms with Crippen LogP contribution in [0.2, 0.25) is 0 Å². The minimum Gasteiger partial charge on any atom is -0.467 e. The van der Waals surface area contributed by atoms with E-state index in [-0.39, 0.29) is 5.91 Å². The molecule has 30 heavy (non-hydrogen) atoms. The van der Waals surface area contributed by atoms with Gasteiger partial charge < -0.3 is 19.5 Å². The summed E-state index contributed by atoms with van der Waals surface area (Å²) in [4.78, 5) is 23.1. The largest absolute Gasteiger partial charge is 0.467 e. The number of likely N-dealkylation sites (N-methyl/N-ethyl adjacent to an activating group) is 2. The van der Waals surface area contributed by atoms with Crippen molar-refractivity contribution >= 4 is 23.5 Å². The molecule has 3 rings (SSSR count). The first kappa shape index (κ1) is 21.9. The summed E-state index contributed by atoms with van der Waals surface area (Å²) in [5.41, 5.74) is 2.42. The van der Waals surface area contributed by atoms with Gasteiger partial charge in [-0.25, -0.2) is 4.98 Å². The summed E-state index contributed by atoms with van der Waals surface area (Å²) >= 11 is 1.71. The average molecular weight is 425 g/mol. The van der Waals surface area contributed by atoms with E-state index in [9.17, 15) is 4.79 Å². The maximum atomic E-state index is 12.9. The predicted octanol–water partition coefficient (Wildman–Crippen LogP) is 3.99. The molecule has 0 atom stereocenters. The number of benzene rings is 1. The predicted molar refractivity (Wildman–Crippen MR) is 123 cm³/mol. The lowest BCUT2D eigenvalue weighted by Gasteiger charge is -2.23. The maximum absolute atomic E-state index is 12.9. The van der Waals surface area contributed by atoms with E-state index in [4.69, 9.17) is 9.40 Å². The Morgan fingerprint density at radius 3 is 2.47 bits per heavy atom. The third-order valence-corrected chi connectivity index (χ3v) is 5.50. The van der Waals surface area contributed by atoms with Gasteiger partial charge in [-0.05, 0) is 56.7 Å². The van der Waals surface area contributed by atoms with Gasteiger partial charge in [0.2, 0.25) is 0 Å². The van der Waals surface area contributed by atoms with E-state index in [0.29, 0.717) is 23.7 Å². The van der Waals surface area contributed by atoms with E-state index in [2.05, 4.69) is 40.7 Å². The van der Waals surface area contributed by atoms with Gasteiger partial charge in [0.05, 0.1) is 24.1 Å². The Kier molecular flexibility index (Phi) is 7.54. The van der Waals surface area contributed by atoms with Crippen LogP contribution in [0.1, 0.15) is 16.1 Å². The fourth-order valence-electron chi connectivity index (χ4n) is 2.97. The minimum absolute atomic E-state index is 0.171. The Bertz CT molecular complexity index is 956. The molecule has 0 fully saturated rings. The van der Waals surface area contributed by atoms with Crippen molar-refractivity contribution in [3.8, 4) is 11.3 Å². The molecule has 0 radical (unpaired) electrons. The van der Waals surface area contributed by atoms with Crippen LogP contribution in [0.4, 0.5) is 5.82 Å². The maximum Gasteiger partial charge on any atom is 0.255 e. The number of rotatable bonds is 9. The van der Waals surface area contributed by atoms with E-state index in [1.54, 1.807) is 24.1 Å². The van der Waals surface area contributed by atoms with Crippen LogP contribution < -0.4 is 10.2 Å². The monoisotopic (exact) mass is 424 g/mol. The Morgan fingerprint density at radius 1 is 1.07 bits per heavy atom. The Labute approximate surface area is 182 Å². The number of aromatic nitrogens is 1. The van der Waals surface area contributed by atoms with Crippen LogP contribution in [-0.2, 0) is 6.54 Å². The van der Waals surface area contributed by atoms with Gasteiger partial charge in [0, 0.05) is 30.6 Å². The Morgan fingerprint density at radius 2 is 1.83 bits per heavy atom. The summed E-state index contributed by atoms with van der Waals surface area (Å²) in [5, 5.41) is 2.92. The molecule has 0 saturated carbocycles. The third kappa shape index (κ3) is 5.64. The average Bonchev–Trinajstić information content (AvgIpc) is 3.29. The van der Waals surface area contributed by atoms with Crippen LogP contribution in [0.15, 0.2) is 64.1 Å². The van der Waals surface area contributed by atoms with Crippen molar-refractivity contribution in [1.82, 2.24) is 15.2 Å². The number of anilines is 1. The first-order chi connectivity index (χ1) is 14.5. The van der Waals surface area contributed by atoms with Crippen LogP contribution in [0.3, 0.4) is 0 Å². The second kappa shape index (κ2) is 10.3. The number of pyridine rings is 1. The van der Waals surface area contributed by atoms with E-state index in [1.807, 2.05) is 44.2 Å². The smallest absolute Gasteiger partial charge is 0.255 e. The highest BCUT2D eigenvalue weighted by atomic mass is 32.2. The van der Waals surface area contributed by atoms with Gasteiger partial charge in [0.15, 0.2) is 0 Å². The molecule has 1 amide bonds. The van der Waals surface area contributed by atoms with E-state index < -0.39 is 0 Å². The van der Waals surface area contributed by atoms with Gasteiger partial charge in [-0.3, -0.25) is 4.79 Å². The number of furan rings is 1. The van der Waals surface area contributed by atoms with E-state index >= 15 is 0 Å². The molecule has 7 heteroatoms. The van der Waals surface area contributed by atoms with Crippen molar-refractivity contribution < 1.29 is 9.21 Å². The molecule has 0 saturated heterocycles. The van der Waals surface area contributed by atoms with Crippen molar-refractivity contribution in [2.45, 2.75) is 11.4 Å². The topological polar surface area (TPSA) is 61.6 Å². The third-order valence-electron chi connectivity index (χ3n) is 4.75. The van der Waals surface area contributed by atoms with Crippen molar-refractivity contribution in [3.63, 3.8) is 0 Å². The number of hydrogen-bond donors (Lipinski definition) is 1. The van der Waals surface area contributed by atoms with Crippen molar-refractivity contribution in [2.75, 3.05) is 45.4 Å². The zero-order chi connectivity index (χ0) is 21.5. The minimum atomic E-state index is -0.171. The molecule has 158 valence electrons. The van der Waals surface area contributed by atoms with Gasteiger partial charge in [-0.1, -0.05) is 12.1 Å². The lowest BCUT2D eigenvalue weighted by Crippen LogP contribution is -2.32. The van der Waals surface area contributed by atoms with Crippen LogP contribution >= 0.6 is 11.8 Å². The number of carbonyl (C=O) groups is 1. The first-order valence-electron chi connectivity index (χ1n) is 9.80. The highest BCUT2D eigenvalue weighted by Crippen LogP contribution is 2.26. The van der Waals surface area contributed by atoms with Crippen molar-refractivity contribution in [3.05, 3.63) is 66.1 Å². The molecular formula is C23H28N4O2S. The lowest BCUT2D eigenvalue weighted by atomic mass is 10.1. The summed E-state index contributed by atoms with van der Waals surface area (Å²) in [6, 6.07) is 15.7. The number of thioether (sulfide) groups is 1. The summed E-state index contributed by atoms with van der Waals surface area (Å²) in [6.07, 6.45) is 3.65. The normalized spacial score (nSPS) is 11.0. The van der Waals surface area contributed by atoms with E-state index in [1.165, 1.54) is 4.90 Å². The van der Waals surface area contributed by atoms with Crippen molar-refractivity contribution in [2.24, 2.45) is 0 Å². The highest BCUT2D eigenvalue weighted by molar-refractivity contribution is 7.98. The molecule has 6 nitrogen and oxygen atoms in total. The number of carbonyl (C=O) groups excluding carboxylic acids is 1. The highest BCUT2D eigenvalue weighted by Gasteiger charge is 2.18. The zero-order valence-corrected chi connectivity index (χ0v) is 18.7. The van der Waals surface area contributed by atoms with Gasteiger partial charge in [-0.15, -0.1) is 11.8 Å². The fourth-order valence-corrected chi connectivity index (χ4v) is 3.38. The molecule has 0 aliphatic carbocycles. The molecule has 1 aromatic carbocycles. The molecular weight excluding hydrogens is 396 g/mol. The number of amides is 1. The van der Waals surface area contributed by atoms with E-state index in [0.717, 1.165) is 24.3 Å². The van der Waals surface area contributed by atoms with Crippen LogP contribution in [0, 0.1) is 0 Å². The van der Waals surface area contributed by atoms with Gasteiger partial charge >= 0.3 is 0 Å². The summed E-state index contributed by atoms with van der Waals surface area (Å²) in [6.45, 7) is 1.95. The van der Waals surface area contributed by atoms with Crippen LogP contribution in [0.25, 0.3) is 11.3 Å². The molecule has 2 heterocycles. The van der Waals surface area contributed by atoms with Gasteiger partial charge in [0.1, 0.15) is 11.6 Å². The second-order valence-corrected chi connectivity index (χ2v) is 8.16. The molecule has 0 bridgehead atoms. The molecule has 3 aromatic rings. The number of nitrogens with one attached hydrogen (secondary N) is 1. The SMILES string of the molecule is CSc1ccc(-c2ccc(C(=O)NCc3ccco3)c(N(C)CCN(C)C)n2)cc1. The second-order valence-electron chi connectivity index (χ2n) is 7.28. The van der Waals surface area contributed by atoms with Crippen molar-refractivity contribution in [1.29, 1.82) is 0 Å². The molecule has 1 N–H and O–H groups in total. The summed E-state index contributed by atoms with van der Waals surface area (Å²) in [5.74, 6) is 1.21. The number of hydrogen-bond acceptors (Lipinski definition) is 6. The van der Waals surface area contributed by atoms with Crippen LogP contribution in [0.5, 0.6) is 0 Å². The lowest BCUT2D eigenvalue weighted by molar-refractivity contribution is 0.0948. The van der Waals surface area contributed by atoms with Gasteiger partial charge in [0.25, 0.3) is 5.91 Å². The molecule has 0 aliphatic heterocycles. The van der Waals surface area contributed by atoms with Gasteiger partial charge in [-0.2, -0.15) is 0 Å². The number of nitrogens with zero attached hydrogens (tertiary/aromatic N) is 3. The quantitative estimate of drug-likeness (QED) is 0.524. The summed E-state index contributed by atoms with van der Waals surface area (Å²) in [7, 11) is 6.03. The molecule has 0 spiro atoms. The van der Waals surface area contributed by atoms with Crippen LogP contribution in [-0.4, -0.2) is 56.3 Å². The molecule has 2 aromatic heterocycles. The molecule has 0 unspecified atom stereocenters. The standard InChI is InChI=1S/C23H28N4O2S/c1-26(2)13-14-27(3)22-20(23(28)24-16-18-6-5-15-29-18)11-12-21(25-22)17-7-9-19(30-4)10-8-17/h5-12,15H,13-14,16H2,1-4H3,(H,24,28). The Hall–Kier alpha value is -2.77. The summed E-state index contributed by atoms with van der Waals surface area (Å²) < 4.78 is 5.31.